The summed E-state index contributed by atoms with van der Waals surface area (Å²) in [6.45, 7) is 1.89. The van der Waals surface area contributed by atoms with Gasteiger partial charge in [-0.2, -0.15) is 4.31 Å². The van der Waals surface area contributed by atoms with Crippen molar-refractivity contribution in [1.29, 1.82) is 0 Å². The second-order valence-corrected chi connectivity index (χ2v) is 10.3. The average Bonchev–Trinajstić information content (AvgIpc) is 3.12. The van der Waals surface area contributed by atoms with Crippen LogP contribution in [0.25, 0.3) is 0 Å². The number of aryl methyl sites for hydroxylation is 1. The first-order valence-corrected chi connectivity index (χ1v) is 12.4. The van der Waals surface area contributed by atoms with Crippen molar-refractivity contribution in [3.8, 4) is 5.75 Å². The molecule has 0 aliphatic carbocycles. The summed E-state index contributed by atoms with van der Waals surface area (Å²) >= 11 is 6.30. The third kappa shape index (κ3) is 4.61. The Morgan fingerprint density at radius 1 is 1.00 bits per heavy atom. The van der Waals surface area contributed by atoms with Crippen molar-refractivity contribution in [3.63, 3.8) is 0 Å². The minimum absolute atomic E-state index is 0.133. The minimum Gasteiger partial charge on any atom is -0.497 e. The molecule has 4 rings (SSSR count). The molecule has 2 atom stereocenters. The van der Waals surface area contributed by atoms with E-state index in [0.29, 0.717) is 27.6 Å². The van der Waals surface area contributed by atoms with Crippen LogP contribution in [0, 0.1) is 6.92 Å². The van der Waals surface area contributed by atoms with Crippen LogP contribution < -0.4 is 10.1 Å². The van der Waals surface area contributed by atoms with Crippen molar-refractivity contribution < 1.29 is 22.7 Å². The van der Waals surface area contributed by atoms with Crippen LogP contribution in [0.2, 0.25) is 5.02 Å². The number of halogens is 1. The zero-order valence-corrected chi connectivity index (χ0v) is 20.6. The summed E-state index contributed by atoms with van der Waals surface area (Å²) in [6, 6.07) is 18.2. The number of anilines is 1. The highest BCUT2D eigenvalue weighted by Gasteiger charge is 2.47. The van der Waals surface area contributed by atoms with Crippen molar-refractivity contribution in [2.45, 2.75) is 30.4 Å². The Hall–Kier alpha value is -3.07. The zero-order valence-electron chi connectivity index (χ0n) is 19.0. The molecule has 34 heavy (non-hydrogen) atoms. The summed E-state index contributed by atoms with van der Waals surface area (Å²) < 4.78 is 39.4. The van der Waals surface area contributed by atoms with E-state index in [0.717, 1.165) is 5.56 Å². The fourth-order valence-corrected chi connectivity index (χ4v) is 5.98. The van der Waals surface area contributed by atoms with Crippen molar-refractivity contribution in [1.82, 2.24) is 4.31 Å². The molecule has 0 saturated carbocycles. The van der Waals surface area contributed by atoms with Gasteiger partial charge in [-0.15, -0.1) is 0 Å². The van der Waals surface area contributed by atoms with Gasteiger partial charge in [0.05, 0.1) is 31.6 Å². The van der Waals surface area contributed by atoms with Gasteiger partial charge in [-0.05, 0) is 66.6 Å². The van der Waals surface area contributed by atoms with Crippen LogP contribution in [0.5, 0.6) is 5.75 Å². The number of carbonyl (C=O) groups excluding carboxylic acids is 1. The number of fused-ring (bicyclic) bond motifs is 1. The molecule has 0 radical (unpaired) electrons. The van der Waals surface area contributed by atoms with Crippen LogP contribution in [0.3, 0.4) is 0 Å². The van der Waals surface area contributed by atoms with Gasteiger partial charge in [-0.3, -0.25) is 4.79 Å². The number of benzene rings is 3. The molecule has 0 saturated heterocycles. The lowest BCUT2D eigenvalue weighted by atomic mass is 10.0. The number of rotatable bonds is 7. The molecule has 1 aliphatic rings. The number of nitrogens with zero attached hydrogens (tertiary/aromatic N) is 1. The summed E-state index contributed by atoms with van der Waals surface area (Å²) in [6.07, 6.45) is -0.945. The van der Waals surface area contributed by atoms with Gasteiger partial charge in [-0.25, -0.2) is 8.42 Å². The highest BCUT2D eigenvalue weighted by molar-refractivity contribution is 7.89. The summed E-state index contributed by atoms with van der Waals surface area (Å²) in [5.41, 5.74) is 2.98. The predicted octanol–water partition coefficient (Wildman–Crippen LogP) is 5.08. The molecule has 1 aliphatic heterocycles. The molecular formula is C25H25ClN2O5S. The second-order valence-electron chi connectivity index (χ2n) is 7.99. The van der Waals surface area contributed by atoms with Crippen molar-refractivity contribution in [2.24, 2.45) is 0 Å². The largest absolute Gasteiger partial charge is 0.497 e. The summed E-state index contributed by atoms with van der Waals surface area (Å²) in [7, 11) is -1.17. The summed E-state index contributed by atoms with van der Waals surface area (Å²) in [4.78, 5) is 12.5. The van der Waals surface area contributed by atoms with Crippen LogP contribution in [0.4, 0.5) is 5.69 Å². The molecule has 3 aromatic rings. The summed E-state index contributed by atoms with van der Waals surface area (Å²) in [5.74, 6) is 0.160. The molecule has 1 heterocycles. The maximum atomic E-state index is 14.0. The summed E-state index contributed by atoms with van der Waals surface area (Å²) in [5, 5.41) is 3.78. The Labute approximate surface area is 204 Å². The van der Waals surface area contributed by atoms with Crippen LogP contribution >= 0.6 is 11.6 Å². The topological polar surface area (TPSA) is 84.9 Å². The zero-order chi connectivity index (χ0) is 24.5. The molecule has 0 bridgehead atoms. The SMILES string of the molecule is COC(=O)C[C@@H]1c2ccc(Cl)cc2[C@H](Nc2ccc(OC)cc2)N1S(=O)(=O)c1ccc(C)cc1. The highest BCUT2D eigenvalue weighted by Crippen LogP contribution is 2.48. The smallest absolute Gasteiger partial charge is 0.307 e. The Balaban J connectivity index is 1.86. The van der Waals surface area contributed by atoms with Crippen LogP contribution in [0.1, 0.15) is 35.3 Å². The quantitative estimate of drug-likeness (QED) is 0.455. The lowest BCUT2D eigenvalue weighted by Gasteiger charge is -2.30. The van der Waals surface area contributed by atoms with Crippen LogP contribution in [-0.2, 0) is 19.6 Å². The molecule has 7 nitrogen and oxygen atoms in total. The normalized spacial score (nSPS) is 17.8. The van der Waals surface area contributed by atoms with Gasteiger partial charge in [-0.1, -0.05) is 35.4 Å². The van der Waals surface area contributed by atoms with E-state index < -0.39 is 28.2 Å². The van der Waals surface area contributed by atoms with Crippen LogP contribution in [0.15, 0.2) is 71.6 Å². The number of hydrogen-bond acceptors (Lipinski definition) is 6. The Morgan fingerprint density at radius 3 is 2.29 bits per heavy atom. The predicted molar refractivity (Wildman–Crippen MR) is 130 cm³/mol. The molecule has 0 aromatic heterocycles. The van der Waals surface area contributed by atoms with E-state index >= 15 is 0 Å². The molecule has 9 heteroatoms. The number of ether oxygens (including phenoxy) is 2. The fourth-order valence-electron chi connectivity index (χ4n) is 4.11. The van der Waals surface area contributed by atoms with E-state index in [1.165, 1.54) is 11.4 Å². The Morgan fingerprint density at radius 2 is 1.68 bits per heavy atom. The minimum atomic E-state index is -4.03. The molecule has 0 amide bonds. The second kappa shape index (κ2) is 9.66. The van der Waals surface area contributed by atoms with Gasteiger partial charge >= 0.3 is 5.97 Å². The average molecular weight is 501 g/mol. The highest BCUT2D eigenvalue weighted by atomic mass is 35.5. The molecule has 0 fully saturated rings. The van der Waals surface area contributed by atoms with E-state index in [4.69, 9.17) is 21.1 Å². The number of carbonyl (C=O) groups is 1. The Kier molecular flexibility index (Phi) is 6.84. The first-order valence-electron chi connectivity index (χ1n) is 10.6. The van der Waals surface area contributed by atoms with Gasteiger partial charge in [0.25, 0.3) is 0 Å². The standard InChI is InChI=1S/C25H25ClN2O5S/c1-16-4-11-20(12-5-16)34(30,31)28-23(15-24(29)33-3)21-13-6-17(26)14-22(21)25(28)27-18-7-9-19(32-2)10-8-18/h4-14,23,25,27H,15H2,1-3H3/t23-,25-/m1/s1. The number of hydrogen-bond donors (Lipinski definition) is 1. The molecule has 0 spiro atoms. The molecular weight excluding hydrogens is 476 g/mol. The monoisotopic (exact) mass is 500 g/mol. The van der Waals surface area contributed by atoms with E-state index in [2.05, 4.69) is 5.32 Å². The van der Waals surface area contributed by atoms with E-state index in [1.807, 2.05) is 6.92 Å². The maximum absolute atomic E-state index is 14.0. The number of esters is 1. The maximum Gasteiger partial charge on any atom is 0.307 e. The van der Waals surface area contributed by atoms with Crippen molar-refractivity contribution in [2.75, 3.05) is 19.5 Å². The third-order valence-corrected chi connectivity index (χ3v) is 7.96. The van der Waals surface area contributed by atoms with Crippen LogP contribution in [-0.4, -0.2) is 32.9 Å². The van der Waals surface area contributed by atoms with E-state index in [1.54, 1.807) is 73.8 Å². The number of methoxy groups -OCH3 is 2. The van der Waals surface area contributed by atoms with Gasteiger partial charge in [0, 0.05) is 10.7 Å². The molecule has 178 valence electrons. The van der Waals surface area contributed by atoms with Crippen molar-refractivity contribution in [3.05, 3.63) is 88.4 Å². The third-order valence-electron chi connectivity index (χ3n) is 5.84. The first-order chi connectivity index (χ1) is 16.2. The molecule has 1 N–H and O–H groups in total. The first kappa shape index (κ1) is 24.1. The van der Waals surface area contributed by atoms with E-state index in [-0.39, 0.29) is 11.3 Å². The van der Waals surface area contributed by atoms with E-state index in [9.17, 15) is 13.2 Å². The Bertz CT molecular complexity index is 1290. The van der Waals surface area contributed by atoms with Crippen molar-refractivity contribution >= 4 is 33.3 Å². The molecule has 0 unspecified atom stereocenters. The van der Waals surface area contributed by atoms with Gasteiger partial charge in [0.1, 0.15) is 11.9 Å². The fraction of sp³-hybridized carbons (Fsp3) is 0.240. The lowest BCUT2D eigenvalue weighted by Crippen LogP contribution is -2.37. The van der Waals surface area contributed by atoms with Gasteiger partial charge < -0.3 is 14.8 Å². The molecule has 3 aromatic carbocycles. The van der Waals surface area contributed by atoms with Gasteiger partial charge in [0.15, 0.2) is 0 Å². The van der Waals surface area contributed by atoms with Gasteiger partial charge in [0.2, 0.25) is 10.0 Å². The number of sulfonamides is 1. The lowest BCUT2D eigenvalue weighted by molar-refractivity contribution is -0.141. The number of nitrogens with one attached hydrogen (secondary N) is 1.